The highest BCUT2D eigenvalue weighted by molar-refractivity contribution is 7.89. The molecule has 1 aliphatic rings. The van der Waals surface area contributed by atoms with Crippen molar-refractivity contribution in [3.8, 4) is 0 Å². The number of aliphatic hydroxyl groups is 1. The van der Waals surface area contributed by atoms with Gasteiger partial charge < -0.3 is 5.11 Å². The molecule has 1 rings (SSSR count). The van der Waals surface area contributed by atoms with E-state index >= 15 is 0 Å². The molecule has 0 aromatic heterocycles. The smallest absolute Gasteiger partial charge is 0.389 e. The predicted molar refractivity (Wildman–Crippen MR) is 55.9 cm³/mol. The highest BCUT2D eigenvalue weighted by atomic mass is 32.2. The first-order chi connectivity index (χ1) is 7.71. The third-order valence-electron chi connectivity index (χ3n) is 2.68. The summed E-state index contributed by atoms with van der Waals surface area (Å²) in [7, 11) is -3.61. The molecule has 1 saturated heterocycles. The van der Waals surface area contributed by atoms with Gasteiger partial charge in [0.25, 0.3) is 0 Å². The molecule has 1 heterocycles. The molecule has 0 radical (unpaired) electrons. The van der Waals surface area contributed by atoms with E-state index in [0.29, 0.717) is 12.8 Å². The Labute approximate surface area is 98.5 Å². The molecular weight excluding hydrogens is 259 g/mol. The van der Waals surface area contributed by atoms with Crippen molar-refractivity contribution in [1.82, 2.24) is 4.31 Å². The molecule has 0 bridgehead atoms. The number of hydrogen-bond donors (Lipinski definition) is 1. The minimum absolute atomic E-state index is 0.190. The van der Waals surface area contributed by atoms with E-state index in [9.17, 15) is 26.7 Å². The lowest BCUT2D eigenvalue weighted by Gasteiger charge is -2.28. The monoisotopic (exact) mass is 275 g/mol. The Bertz CT molecular complexity index is 334. The number of rotatable bonds is 4. The molecule has 0 spiro atoms. The van der Waals surface area contributed by atoms with Crippen LogP contribution in [0.4, 0.5) is 13.2 Å². The predicted octanol–water partition coefficient (Wildman–Crippen LogP) is 1.12. The minimum Gasteiger partial charge on any atom is -0.393 e. The summed E-state index contributed by atoms with van der Waals surface area (Å²) in [5, 5.41) is 9.21. The summed E-state index contributed by atoms with van der Waals surface area (Å²) in [5.41, 5.74) is 0. The second kappa shape index (κ2) is 5.53. The SMILES string of the molecule is O=S(=O)(CCCC(F)(F)F)N1CCC(O)CC1. The molecule has 0 saturated carbocycles. The lowest BCUT2D eigenvalue weighted by atomic mass is 10.1. The van der Waals surface area contributed by atoms with Gasteiger partial charge in [-0.1, -0.05) is 0 Å². The highest BCUT2D eigenvalue weighted by Gasteiger charge is 2.30. The zero-order chi connectivity index (χ0) is 13.1. The first-order valence-corrected chi connectivity index (χ1v) is 7.04. The van der Waals surface area contributed by atoms with Crippen LogP contribution in [0.1, 0.15) is 25.7 Å². The van der Waals surface area contributed by atoms with E-state index in [1.807, 2.05) is 0 Å². The molecule has 102 valence electrons. The van der Waals surface area contributed by atoms with Gasteiger partial charge in [-0.05, 0) is 19.3 Å². The zero-order valence-electron chi connectivity index (χ0n) is 9.28. The summed E-state index contributed by atoms with van der Waals surface area (Å²) >= 11 is 0. The Hall–Kier alpha value is -0.340. The van der Waals surface area contributed by atoms with Crippen molar-refractivity contribution >= 4 is 10.0 Å². The van der Waals surface area contributed by atoms with E-state index in [4.69, 9.17) is 0 Å². The first-order valence-electron chi connectivity index (χ1n) is 5.43. The van der Waals surface area contributed by atoms with Crippen molar-refractivity contribution in [1.29, 1.82) is 0 Å². The number of sulfonamides is 1. The van der Waals surface area contributed by atoms with E-state index in [1.54, 1.807) is 0 Å². The van der Waals surface area contributed by atoms with E-state index in [1.165, 1.54) is 0 Å². The van der Waals surface area contributed by atoms with Crippen molar-refractivity contribution in [2.75, 3.05) is 18.8 Å². The van der Waals surface area contributed by atoms with Gasteiger partial charge in [0.1, 0.15) is 0 Å². The van der Waals surface area contributed by atoms with Crippen molar-refractivity contribution in [3.05, 3.63) is 0 Å². The van der Waals surface area contributed by atoms with Gasteiger partial charge in [0.05, 0.1) is 11.9 Å². The lowest BCUT2D eigenvalue weighted by molar-refractivity contribution is -0.134. The average molecular weight is 275 g/mol. The fourth-order valence-corrected chi connectivity index (χ4v) is 3.24. The topological polar surface area (TPSA) is 57.6 Å². The summed E-state index contributed by atoms with van der Waals surface area (Å²) < 4.78 is 60.1. The molecule has 0 unspecified atom stereocenters. The van der Waals surface area contributed by atoms with Gasteiger partial charge in [-0.3, -0.25) is 0 Å². The second-order valence-electron chi connectivity index (χ2n) is 4.16. The molecule has 8 heteroatoms. The van der Waals surface area contributed by atoms with Crippen LogP contribution in [0.3, 0.4) is 0 Å². The van der Waals surface area contributed by atoms with Crippen molar-refractivity contribution in [3.63, 3.8) is 0 Å². The maximum absolute atomic E-state index is 11.9. The molecule has 0 atom stereocenters. The van der Waals surface area contributed by atoms with Crippen LogP contribution >= 0.6 is 0 Å². The molecule has 1 aliphatic heterocycles. The standard InChI is InChI=1S/C9H16F3NO3S/c10-9(11,12)4-1-7-17(15,16)13-5-2-8(14)3-6-13/h8,14H,1-7H2. The summed E-state index contributed by atoms with van der Waals surface area (Å²) in [6, 6.07) is 0. The van der Waals surface area contributed by atoms with Crippen molar-refractivity contribution < 1.29 is 26.7 Å². The Morgan fingerprint density at radius 2 is 1.76 bits per heavy atom. The van der Waals surface area contributed by atoms with Crippen molar-refractivity contribution in [2.45, 2.75) is 38.0 Å². The van der Waals surface area contributed by atoms with Crippen LogP contribution in [-0.2, 0) is 10.0 Å². The van der Waals surface area contributed by atoms with Crippen LogP contribution < -0.4 is 0 Å². The van der Waals surface area contributed by atoms with Gasteiger partial charge in [-0.2, -0.15) is 13.2 Å². The van der Waals surface area contributed by atoms with Crippen LogP contribution in [0.15, 0.2) is 0 Å². The molecule has 1 fully saturated rings. The molecule has 0 aromatic carbocycles. The maximum atomic E-state index is 11.9. The fraction of sp³-hybridized carbons (Fsp3) is 1.00. The Morgan fingerprint density at radius 1 is 1.24 bits per heavy atom. The minimum atomic E-state index is -4.31. The summed E-state index contributed by atoms with van der Waals surface area (Å²) in [6.07, 6.45) is -5.62. The van der Waals surface area contributed by atoms with Crippen LogP contribution in [0, 0.1) is 0 Å². The molecule has 0 aromatic rings. The largest absolute Gasteiger partial charge is 0.393 e. The number of hydrogen-bond acceptors (Lipinski definition) is 3. The molecule has 0 amide bonds. The third kappa shape index (κ3) is 5.22. The van der Waals surface area contributed by atoms with Gasteiger partial charge in [0.2, 0.25) is 10.0 Å². The average Bonchev–Trinajstić information content (AvgIpc) is 2.15. The van der Waals surface area contributed by atoms with Crippen LogP contribution in [0.25, 0.3) is 0 Å². The molecule has 0 aliphatic carbocycles. The lowest BCUT2D eigenvalue weighted by Crippen LogP contribution is -2.41. The number of piperidine rings is 1. The van der Waals surface area contributed by atoms with Gasteiger partial charge in [-0.25, -0.2) is 12.7 Å². The Balaban J connectivity index is 2.41. The van der Waals surface area contributed by atoms with Gasteiger partial charge in [0, 0.05) is 19.5 Å². The van der Waals surface area contributed by atoms with E-state index in [2.05, 4.69) is 0 Å². The number of halogens is 3. The highest BCUT2D eigenvalue weighted by Crippen LogP contribution is 2.22. The fourth-order valence-electron chi connectivity index (χ4n) is 1.70. The summed E-state index contributed by atoms with van der Waals surface area (Å²) in [4.78, 5) is 0. The molecular formula is C9H16F3NO3S. The molecule has 17 heavy (non-hydrogen) atoms. The van der Waals surface area contributed by atoms with Gasteiger partial charge in [-0.15, -0.1) is 0 Å². The Morgan fingerprint density at radius 3 is 2.24 bits per heavy atom. The van der Waals surface area contributed by atoms with E-state index in [-0.39, 0.29) is 13.1 Å². The van der Waals surface area contributed by atoms with Gasteiger partial charge in [0.15, 0.2) is 0 Å². The van der Waals surface area contributed by atoms with Gasteiger partial charge >= 0.3 is 6.18 Å². The first kappa shape index (κ1) is 14.7. The number of alkyl halides is 3. The molecule has 1 N–H and O–H groups in total. The normalized spacial score (nSPS) is 20.7. The van der Waals surface area contributed by atoms with Crippen LogP contribution in [-0.4, -0.2) is 49.0 Å². The van der Waals surface area contributed by atoms with Crippen LogP contribution in [0.2, 0.25) is 0 Å². The maximum Gasteiger partial charge on any atom is 0.389 e. The second-order valence-corrected chi connectivity index (χ2v) is 6.25. The van der Waals surface area contributed by atoms with E-state index in [0.717, 1.165) is 4.31 Å². The number of aliphatic hydroxyl groups excluding tert-OH is 1. The summed E-state index contributed by atoms with van der Waals surface area (Å²) in [6.45, 7) is 0.380. The quantitative estimate of drug-likeness (QED) is 0.836. The van der Waals surface area contributed by atoms with E-state index < -0.39 is 40.9 Å². The third-order valence-corrected chi connectivity index (χ3v) is 4.64. The van der Waals surface area contributed by atoms with Crippen molar-refractivity contribution in [2.24, 2.45) is 0 Å². The number of nitrogens with zero attached hydrogens (tertiary/aromatic N) is 1. The zero-order valence-corrected chi connectivity index (χ0v) is 10.1. The van der Waals surface area contributed by atoms with Crippen LogP contribution in [0.5, 0.6) is 0 Å². The Kier molecular flexibility index (Phi) is 4.79. The summed E-state index contributed by atoms with van der Waals surface area (Å²) in [5.74, 6) is -0.484. The molecule has 4 nitrogen and oxygen atoms in total.